The lowest BCUT2D eigenvalue weighted by atomic mass is 9.92. The Morgan fingerprint density at radius 2 is 1.23 bits per heavy atom. The number of Topliss-reactive ketones (excluding diaryl/α,β-unsaturated/α-hetero) is 1. The molecule has 1 saturated heterocycles. The number of hydrogen-bond donors (Lipinski definition) is 3. The highest BCUT2D eigenvalue weighted by Gasteiger charge is 2.42. The third-order valence-electron chi connectivity index (χ3n) is 19.1. The third kappa shape index (κ3) is 25.0. The van der Waals surface area contributed by atoms with Gasteiger partial charge in [0.25, 0.3) is 23.6 Å². The summed E-state index contributed by atoms with van der Waals surface area (Å²) in [6.07, 6.45) is 8.93. The molecule has 0 saturated carbocycles. The van der Waals surface area contributed by atoms with Crippen LogP contribution in [-0.2, 0) is 91.0 Å². The second-order valence-corrected chi connectivity index (χ2v) is 27.7. The highest BCUT2D eigenvalue weighted by atomic mass is 16.6. The van der Waals surface area contributed by atoms with Gasteiger partial charge in [-0.15, -0.1) is 0 Å². The quantitative estimate of drug-likeness (QED) is 0.0282. The zero-order chi connectivity index (χ0) is 78.4. The molecular weight excluding hydrogens is 1420 g/mol. The maximum atomic E-state index is 14.4. The van der Waals surface area contributed by atoms with E-state index in [2.05, 4.69) is 22.9 Å². The number of methoxy groups -OCH3 is 1. The van der Waals surface area contributed by atoms with Crippen LogP contribution in [0.25, 0.3) is 0 Å². The molecule has 8 amide bonds. The molecule has 4 aromatic carbocycles. The van der Waals surface area contributed by atoms with Crippen LogP contribution in [0.15, 0.2) is 88.9 Å². The molecule has 3 N–H and O–H groups in total. The number of nitrogens with one attached hydrogen (secondary N) is 3. The molecule has 5 aliphatic rings. The molecule has 5 aliphatic heterocycles. The molecule has 0 radical (unpaired) electrons. The Bertz CT molecular complexity index is 3890. The molecule has 0 bridgehead atoms. The first kappa shape index (κ1) is 84.5. The lowest BCUT2D eigenvalue weighted by Gasteiger charge is -2.34. The van der Waals surface area contributed by atoms with Gasteiger partial charge in [0.05, 0.1) is 160 Å². The molecule has 110 heavy (non-hydrogen) atoms. The van der Waals surface area contributed by atoms with Crippen molar-refractivity contribution < 1.29 is 100.0 Å². The molecule has 4 aromatic rings. The van der Waals surface area contributed by atoms with Gasteiger partial charge in [-0.25, -0.2) is 4.79 Å². The first-order valence-corrected chi connectivity index (χ1v) is 37.7. The van der Waals surface area contributed by atoms with Gasteiger partial charge in [0, 0.05) is 120 Å². The number of nitrogens with zero attached hydrogens (tertiary/aromatic N) is 6. The van der Waals surface area contributed by atoms with Gasteiger partial charge in [0.2, 0.25) is 17.7 Å². The summed E-state index contributed by atoms with van der Waals surface area (Å²) in [7, 11) is 3.13. The standard InChI is InChI=1S/C80H105N9O21/c1-54(2)75(85-72(92)20-28-101-30-32-103-34-36-105-38-40-107-42-41-106-39-37-104-35-33-102-31-29-100-25-9-22-81-71(91)19-24-87-73(93)17-18-74(87)94)67(90)44-56(4)76(95)84-60-14-11-57(12-15-60)52-110-79(98)86(6)61-16-13-58-45-62-50-82-65-49-70(69(99-7)47-64(65)77(96)88(62)51-59(58)46-61)109-27-10-26-108-68-48-66-63(43-55(68)3)78(97)89-23-8-21-80(89,5)53-83-66/h11-18,43,46-50,53-54,56,62,75H,8-10,19-42,44-45,51-52H2,1-7H3,(H,81,91)(H,84,95)(H,85,92)/t56-,62?,75+,80+/m1/s1. The smallest absolute Gasteiger partial charge is 0.414 e. The Labute approximate surface area is 642 Å². The molecule has 1 fully saturated rings. The zero-order valence-corrected chi connectivity index (χ0v) is 64.1. The van der Waals surface area contributed by atoms with Crippen LogP contribution in [-0.4, -0.2) is 251 Å². The van der Waals surface area contributed by atoms with Crippen molar-refractivity contribution in [1.82, 2.24) is 25.3 Å². The maximum absolute atomic E-state index is 14.4. The van der Waals surface area contributed by atoms with Crippen LogP contribution in [0.3, 0.4) is 0 Å². The van der Waals surface area contributed by atoms with Crippen molar-refractivity contribution in [2.24, 2.45) is 21.8 Å². The Balaban J connectivity index is 0.569. The van der Waals surface area contributed by atoms with E-state index in [-0.39, 0.29) is 106 Å². The van der Waals surface area contributed by atoms with Crippen LogP contribution < -0.4 is 35.1 Å². The van der Waals surface area contributed by atoms with Crippen molar-refractivity contribution in [3.8, 4) is 17.2 Å². The Morgan fingerprint density at radius 3 is 1.85 bits per heavy atom. The third-order valence-corrected chi connectivity index (χ3v) is 19.1. The van der Waals surface area contributed by atoms with Gasteiger partial charge in [-0.1, -0.05) is 39.0 Å². The number of ether oxygens (including phenoxy) is 12. The van der Waals surface area contributed by atoms with Crippen molar-refractivity contribution in [3.63, 3.8) is 0 Å². The molecule has 0 aromatic heterocycles. The first-order chi connectivity index (χ1) is 53.2. The highest BCUT2D eigenvalue weighted by molar-refractivity contribution is 6.13. The summed E-state index contributed by atoms with van der Waals surface area (Å²) in [6, 6.07) is 18.5. The number of fused-ring (bicyclic) bond motifs is 5. The summed E-state index contributed by atoms with van der Waals surface area (Å²) in [5.74, 6) is -1.75. The van der Waals surface area contributed by atoms with Gasteiger partial charge in [-0.05, 0) is 104 Å². The average Bonchev–Trinajstić information content (AvgIpc) is 1.59. The fourth-order valence-corrected chi connectivity index (χ4v) is 12.8. The molecule has 4 atom stereocenters. The van der Waals surface area contributed by atoms with Crippen LogP contribution >= 0.6 is 0 Å². The van der Waals surface area contributed by atoms with Crippen LogP contribution in [0.1, 0.15) is 116 Å². The molecule has 0 aliphatic carbocycles. The van der Waals surface area contributed by atoms with Crippen LogP contribution in [0.5, 0.6) is 17.2 Å². The van der Waals surface area contributed by atoms with E-state index in [1.807, 2.05) is 62.2 Å². The van der Waals surface area contributed by atoms with Gasteiger partial charge in [0.1, 0.15) is 12.4 Å². The second-order valence-electron chi connectivity index (χ2n) is 27.7. The number of carbonyl (C=O) groups excluding carboxylic acids is 9. The van der Waals surface area contributed by atoms with Crippen molar-refractivity contribution in [2.75, 3.05) is 163 Å². The van der Waals surface area contributed by atoms with Crippen molar-refractivity contribution >= 4 is 88.4 Å². The predicted molar refractivity (Wildman–Crippen MR) is 407 cm³/mol. The van der Waals surface area contributed by atoms with Gasteiger partial charge >= 0.3 is 6.09 Å². The highest BCUT2D eigenvalue weighted by Crippen LogP contribution is 2.41. The van der Waals surface area contributed by atoms with Crippen LogP contribution in [0, 0.1) is 18.8 Å². The Hall–Kier alpha value is -9.53. The minimum atomic E-state index is -0.800. The number of benzene rings is 4. The van der Waals surface area contributed by atoms with E-state index in [1.165, 1.54) is 24.2 Å². The fourth-order valence-electron chi connectivity index (χ4n) is 12.8. The predicted octanol–water partition coefficient (Wildman–Crippen LogP) is 7.64. The van der Waals surface area contributed by atoms with Crippen LogP contribution in [0.2, 0.25) is 0 Å². The average molecular weight is 1530 g/mol. The summed E-state index contributed by atoms with van der Waals surface area (Å²) in [5, 5.41) is 8.41. The first-order valence-electron chi connectivity index (χ1n) is 37.7. The van der Waals surface area contributed by atoms with Crippen molar-refractivity contribution in [3.05, 3.63) is 112 Å². The van der Waals surface area contributed by atoms with E-state index in [0.717, 1.165) is 34.4 Å². The zero-order valence-electron chi connectivity index (χ0n) is 64.1. The number of imide groups is 1. The number of aryl methyl sites for hydroxylation is 1. The van der Waals surface area contributed by atoms with Gasteiger partial charge in [0.15, 0.2) is 17.3 Å². The number of anilines is 2. The maximum Gasteiger partial charge on any atom is 0.414 e. The summed E-state index contributed by atoms with van der Waals surface area (Å²) in [6.45, 7) is 17.3. The van der Waals surface area contributed by atoms with E-state index < -0.39 is 35.4 Å². The van der Waals surface area contributed by atoms with Crippen molar-refractivity contribution in [1.29, 1.82) is 0 Å². The number of hydrogen-bond acceptors (Lipinski definition) is 23. The van der Waals surface area contributed by atoms with Crippen molar-refractivity contribution in [2.45, 2.75) is 117 Å². The molecule has 5 heterocycles. The molecule has 0 spiro atoms. The molecule has 596 valence electrons. The summed E-state index contributed by atoms with van der Waals surface area (Å²) in [4.78, 5) is 132. The molecule has 30 heteroatoms. The normalized spacial score (nSPS) is 16.7. The lowest BCUT2D eigenvalue weighted by molar-refractivity contribution is -0.137. The Morgan fingerprint density at radius 1 is 0.636 bits per heavy atom. The van der Waals surface area contributed by atoms with Gasteiger partial charge < -0.3 is 82.6 Å². The van der Waals surface area contributed by atoms with E-state index >= 15 is 0 Å². The minimum absolute atomic E-state index is 0.0101. The second kappa shape index (κ2) is 43.2. The number of carbonyl (C=O) groups is 9. The SMILES string of the molecule is COc1cc2c(cc1OCCCOc1cc3c(cc1C)C(=O)N1CCC[C@@]1(C)C=N3)N=CC1Cc3ccc(N(C)C(=O)OCc4ccc(NC(=O)[C@H](C)CC(=O)[C@@H](NC(=O)CCOCCOCCOCCOCCOCCOCCOCCOCCCNC(=O)CCN5C(=O)C=CC5=O)C(C)C)cc4)cc3CN1C2=O. The van der Waals surface area contributed by atoms with E-state index in [4.69, 9.17) is 66.8 Å². The summed E-state index contributed by atoms with van der Waals surface area (Å²) in [5.41, 5.74) is 6.08. The number of amides is 8. The Kier molecular flexibility index (Phi) is 33.2. The van der Waals surface area contributed by atoms with Gasteiger partial charge in [-0.2, -0.15) is 0 Å². The van der Waals surface area contributed by atoms with Gasteiger partial charge in [-0.3, -0.25) is 58.1 Å². The van der Waals surface area contributed by atoms with E-state index in [0.29, 0.717) is 188 Å². The number of aliphatic imine (C=N–C) groups is 2. The molecule has 30 nitrogen and oxygen atoms in total. The lowest BCUT2D eigenvalue weighted by Crippen LogP contribution is -2.45. The topological polar surface area (TPSA) is 338 Å². The minimum Gasteiger partial charge on any atom is -0.493 e. The monoisotopic (exact) mass is 1530 g/mol. The largest absolute Gasteiger partial charge is 0.493 e. The molecule has 9 rings (SSSR count). The summed E-state index contributed by atoms with van der Waals surface area (Å²) >= 11 is 0. The number of ketones is 1. The molecular formula is C80H105N9O21. The van der Waals surface area contributed by atoms with E-state index in [1.54, 1.807) is 61.5 Å². The van der Waals surface area contributed by atoms with Crippen LogP contribution in [0.4, 0.5) is 27.5 Å². The summed E-state index contributed by atoms with van der Waals surface area (Å²) < 4.78 is 68.1. The molecule has 1 unspecified atom stereocenters. The fraction of sp³-hybridized carbons (Fsp3) is 0.537. The van der Waals surface area contributed by atoms with E-state index in [9.17, 15) is 43.2 Å². The number of rotatable bonds is 48.